The molecule has 0 spiro atoms. The van der Waals surface area contributed by atoms with Gasteiger partial charge in [0.15, 0.2) is 6.61 Å². The summed E-state index contributed by atoms with van der Waals surface area (Å²) >= 11 is 0. The molecule has 1 aromatic rings. The summed E-state index contributed by atoms with van der Waals surface area (Å²) in [6.07, 6.45) is 4.44. The standard InChI is InChI=1S/C21H30F4N2O.C3H8/c1-2-3-16-4-7-18(8-5-16)26-10-12-27(13-11-26)19-14-17(22)6-9-20(19)28-15-21(23,24)25;1-3-2/h6,9,14,16,18H,2-5,7-8,10-13,15H2,1H3;3H2,1-2H3. The molecular weight excluding hydrogens is 408 g/mol. The minimum atomic E-state index is -4.42. The van der Waals surface area contributed by atoms with E-state index in [-0.39, 0.29) is 5.75 Å². The fourth-order valence-corrected chi connectivity index (χ4v) is 4.55. The Kier molecular flexibility index (Phi) is 10.4. The summed E-state index contributed by atoms with van der Waals surface area (Å²) in [5, 5.41) is 0. The summed E-state index contributed by atoms with van der Waals surface area (Å²) in [5.74, 6) is 0.487. The van der Waals surface area contributed by atoms with Crippen LogP contribution < -0.4 is 9.64 Å². The van der Waals surface area contributed by atoms with E-state index < -0.39 is 18.6 Å². The molecule has 1 aromatic carbocycles. The van der Waals surface area contributed by atoms with Crippen LogP contribution in [0.3, 0.4) is 0 Å². The van der Waals surface area contributed by atoms with E-state index >= 15 is 0 Å². The number of hydrogen-bond acceptors (Lipinski definition) is 3. The molecule has 7 heteroatoms. The molecule has 1 aliphatic heterocycles. The predicted octanol–water partition coefficient (Wildman–Crippen LogP) is 6.66. The third-order valence-electron chi connectivity index (χ3n) is 6.00. The second-order valence-electron chi connectivity index (χ2n) is 8.71. The van der Waals surface area contributed by atoms with Crippen molar-refractivity contribution in [1.82, 2.24) is 4.90 Å². The highest BCUT2D eigenvalue weighted by Crippen LogP contribution is 2.34. The third-order valence-corrected chi connectivity index (χ3v) is 6.00. The van der Waals surface area contributed by atoms with E-state index in [2.05, 4.69) is 25.7 Å². The van der Waals surface area contributed by atoms with Crippen LogP contribution >= 0.6 is 0 Å². The van der Waals surface area contributed by atoms with E-state index in [9.17, 15) is 17.6 Å². The average molecular weight is 447 g/mol. The fourth-order valence-electron chi connectivity index (χ4n) is 4.55. The lowest BCUT2D eigenvalue weighted by atomic mass is 9.83. The second kappa shape index (κ2) is 12.5. The number of nitrogens with zero attached hydrogens (tertiary/aromatic N) is 2. The average Bonchev–Trinajstić information content (AvgIpc) is 2.74. The van der Waals surface area contributed by atoms with Crippen molar-refractivity contribution in [2.75, 3.05) is 37.7 Å². The van der Waals surface area contributed by atoms with E-state index in [1.807, 2.05) is 4.90 Å². The summed E-state index contributed by atoms with van der Waals surface area (Å²) in [7, 11) is 0. The molecule has 178 valence electrons. The summed E-state index contributed by atoms with van der Waals surface area (Å²) in [6.45, 7) is 8.15. The number of rotatable bonds is 6. The van der Waals surface area contributed by atoms with Crippen LogP contribution in [-0.4, -0.2) is 49.9 Å². The van der Waals surface area contributed by atoms with Gasteiger partial charge in [0.25, 0.3) is 0 Å². The first-order chi connectivity index (χ1) is 14.8. The number of hydrogen-bond donors (Lipinski definition) is 0. The Balaban J connectivity index is 0.00000107. The number of benzene rings is 1. The maximum Gasteiger partial charge on any atom is 0.422 e. The molecule has 2 fully saturated rings. The topological polar surface area (TPSA) is 15.7 Å². The molecular formula is C24H38F4N2O. The number of ether oxygens (including phenoxy) is 1. The monoisotopic (exact) mass is 446 g/mol. The molecule has 1 saturated heterocycles. The van der Waals surface area contributed by atoms with E-state index in [1.54, 1.807) is 0 Å². The smallest absolute Gasteiger partial charge is 0.422 e. The van der Waals surface area contributed by atoms with Crippen LogP contribution in [0.4, 0.5) is 23.2 Å². The van der Waals surface area contributed by atoms with Crippen LogP contribution in [-0.2, 0) is 0 Å². The highest BCUT2D eigenvalue weighted by Gasteiger charge is 2.31. The maximum absolute atomic E-state index is 13.7. The van der Waals surface area contributed by atoms with Gasteiger partial charge >= 0.3 is 6.18 Å². The third kappa shape index (κ3) is 8.51. The Labute approximate surface area is 184 Å². The highest BCUT2D eigenvalue weighted by molar-refractivity contribution is 5.59. The van der Waals surface area contributed by atoms with Crippen LogP contribution in [0.2, 0.25) is 0 Å². The SMILES string of the molecule is CCC.CCCC1CCC(N2CCN(c3cc(F)ccc3OCC(F)(F)F)CC2)CC1. The molecule has 0 unspecified atom stereocenters. The van der Waals surface area contributed by atoms with E-state index in [1.165, 1.54) is 57.1 Å². The van der Waals surface area contributed by atoms with Crippen molar-refractivity contribution >= 4 is 5.69 Å². The first-order valence-corrected chi connectivity index (χ1v) is 11.7. The van der Waals surface area contributed by atoms with Crippen molar-refractivity contribution < 1.29 is 22.3 Å². The van der Waals surface area contributed by atoms with Gasteiger partial charge in [0.2, 0.25) is 0 Å². The van der Waals surface area contributed by atoms with Crippen molar-refractivity contribution in [2.45, 2.75) is 77.9 Å². The summed E-state index contributed by atoms with van der Waals surface area (Å²) in [4.78, 5) is 4.43. The molecule has 0 bridgehead atoms. The number of anilines is 1. The Morgan fingerprint density at radius 1 is 0.968 bits per heavy atom. The first-order valence-electron chi connectivity index (χ1n) is 11.7. The molecule has 1 heterocycles. The number of alkyl halides is 3. The number of piperazine rings is 1. The van der Waals surface area contributed by atoms with Crippen molar-refractivity contribution in [3.63, 3.8) is 0 Å². The number of halogens is 4. The minimum Gasteiger partial charge on any atom is -0.482 e. The Hall–Kier alpha value is -1.50. The molecule has 0 aromatic heterocycles. The van der Waals surface area contributed by atoms with Crippen LogP contribution in [0, 0.1) is 11.7 Å². The van der Waals surface area contributed by atoms with Gasteiger partial charge in [0, 0.05) is 38.3 Å². The molecule has 3 nitrogen and oxygen atoms in total. The van der Waals surface area contributed by atoms with E-state index in [4.69, 9.17) is 4.74 Å². The lowest BCUT2D eigenvalue weighted by molar-refractivity contribution is -0.153. The molecule has 1 aliphatic carbocycles. The maximum atomic E-state index is 13.7. The highest BCUT2D eigenvalue weighted by atomic mass is 19.4. The molecule has 1 saturated carbocycles. The molecule has 0 amide bonds. The summed E-state index contributed by atoms with van der Waals surface area (Å²) in [6, 6.07) is 4.30. The van der Waals surface area contributed by atoms with Gasteiger partial charge in [-0.2, -0.15) is 13.2 Å². The van der Waals surface area contributed by atoms with Crippen molar-refractivity contribution in [2.24, 2.45) is 5.92 Å². The molecule has 0 N–H and O–H groups in total. The van der Waals surface area contributed by atoms with Gasteiger partial charge in [0.1, 0.15) is 11.6 Å². The minimum absolute atomic E-state index is 0.0900. The van der Waals surface area contributed by atoms with E-state index in [0.29, 0.717) is 24.8 Å². The quantitative estimate of drug-likeness (QED) is 0.454. The zero-order valence-electron chi connectivity index (χ0n) is 19.2. The first kappa shape index (κ1) is 25.8. The molecule has 3 rings (SSSR count). The lowest BCUT2D eigenvalue weighted by Crippen LogP contribution is -2.51. The zero-order valence-corrected chi connectivity index (χ0v) is 19.2. The van der Waals surface area contributed by atoms with E-state index in [0.717, 1.165) is 25.1 Å². The van der Waals surface area contributed by atoms with Gasteiger partial charge in [0.05, 0.1) is 5.69 Å². The predicted molar refractivity (Wildman–Crippen MR) is 118 cm³/mol. The van der Waals surface area contributed by atoms with Crippen molar-refractivity contribution in [3.05, 3.63) is 24.0 Å². The molecule has 2 aliphatic rings. The van der Waals surface area contributed by atoms with Gasteiger partial charge in [-0.1, -0.05) is 40.0 Å². The van der Waals surface area contributed by atoms with Gasteiger partial charge in [-0.05, 0) is 43.7 Å². The Morgan fingerprint density at radius 3 is 2.13 bits per heavy atom. The molecule has 0 radical (unpaired) electrons. The van der Waals surface area contributed by atoms with Crippen LogP contribution in [0.15, 0.2) is 18.2 Å². The van der Waals surface area contributed by atoms with Crippen LogP contribution in [0.5, 0.6) is 5.75 Å². The van der Waals surface area contributed by atoms with Gasteiger partial charge < -0.3 is 9.64 Å². The molecule has 31 heavy (non-hydrogen) atoms. The van der Waals surface area contributed by atoms with Gasteiger partial charge in [-0.15, -0.1) is 0 Å². The lowest BCUT2D eigenvalue weighted by Gasteiger charge is -2.43. The van der Waals surface area contributed by atoms with Gasteiger partial charge in [-0.3, -0.25) is 4.90 Å². The summed E-state index contributed by atoms with van der Waals surface area (Å²) in [5.41, 5.74) is 0.413. The van der Waals surface area contributed by atoms with Crippen LogP contribution in [0.25, 0.3) is 0 Å². The zero-order chi connectivity index (χ0) is 22.9. The van der Waals surface area contributed by atoms with Crippen molar-refractivity contribution in [3.8, 4) is 5.75 Å². The second-order valence-corrected chi connectivity index (χ2v) is 8.71. The van der Waals surface area contributed by atoms with Gasteiger partial charge in [-0.25, -0.2) is 4.39 Å². The largest absolute Gasteiger partial charge is 0.482 e. The van der Waals surface area contributed by atoms with Crippen molar-refractivity contribution in [1.29, 1.82) is 0 Å². The fraction of sp³-hybridized carbons (Fsp3) is 0.750. The van der Waals surface area contributed by atoms with Crippen LogP contribution in [0.1, 0.15) is 65.7 Å². The Bertz CT molecular complexity index is 637. The summed E-state index contributed by atoms with van der Waals surface area (Å²) < 4.78 is 56.2. The Morgan fingerprint density at radius 2 is 1.58 bits per heavy atom. The molecule has 0 atom stereocenters. The normalized spacial score (nSPS) is 22.6.